The lowest BCUT2D eigenvalue weighted by Crippen LogP contribution is -2.03. The molecule has 0 spiro atoms. The van der Waals surface area contributed by atoms with Crippen LogP contribution >= 0.6 is 11.6 Å². The van der Waals surface area contributed by atoms with Crippen LogP contribution in [0.4, 0.5) is 0 Å². The molecule has 0 unspecified atom stereocenters. The number of alkyl halides is 1. The Kier molecular flexibility index (Phi) is 2.88. The number of hydrogen-bond donors (Lipinski definition) is 1. The van der Waals surface area contributed by atoms with Gasteiger partial charge >= 0.3 is 0 Å². The van der Waals surface area contributed by atoms with Crippen LogP contribution in [-0.2, 0) is 0 Å². The van der Waals surface area contributed by atoms with Gasteiger partial charge in [0, 0.05) is 5.56 Å². The molecule has 0 aliphatic rings. The number of oxime groups is 1. The van der Waals surface area contributed by atoms with Gasteiger partial charge in [-0.05, 0) is 10.8 Å². The largest absolute Gasteiger partial charge is 0.411 e. The van der Waals surface area contributed by atoms with Crippen molar-refractivity contribution in [3.8, 4) is 0 Å². The fraction of sp³-hybridized carbons (Fsp3) is 0.0833. The minimum Gasteiger partial charge on any atom is -0.411 e. The summed E-state index contributed by atoms with van der Waals surface area (Å²) >= 11 is 5.71. The maximum absolute atomic E-state index is 8.84. The SMILES string of the molecule is ON=C(CCl)c1cccc2ccccc12. The fourth-order valence-electron chi connectivity index (χ4n) is 1.63. The molecule has 0 fully saturated rings. The summed E-state index contributed by atoms with van der Waals surface area (Å²) in [7, 11) is 0. The molecule has 0 radical (unpaired) electrons. The predicted octanol–water partition coefficient (Wildman–Crippen LogP) is 3.26. The van der Waals surface area contributed by atoms with Crippen LogP contribution < -0.4 is 0 Å². The Bertz CT molecular complexity index is 502. The van der Waals surface area contributed by atoms with Gasteiger partial charge in [0.05, 0.1) is 5.88 Å². The lowest BCUT2D eigenvalue weighted by atomic mass is 10.0. The molecule has 0 amide bonds. The van der Waals surface area contributed by atoms with E-state index >= 15 is 0 Å². The first-order valence-electron chi connectivity index (χ1n) is 4.62. The Morgan fingerprint density at radius 1 is 1.13 bits per heavy atom. The van der Waals surface area contributed by atoms with E-state index in [1.807, 2.05) is 42.5 Å². The van der Waals surface area contributed by atoms with Crippen molar-refractivity contribution in [3.05, 3.63) is 48.0 Å². The maximum Gasteiger partial charge on any atom is 0.102 e. The van der Waals surface area contributed by atoms with Crippen molar-refractivity contribution in [1.29, 1.82) is 0 Å². The summed E-state index contributed by atoms with van der Waals surface area (Å²) in [5, 5.41) is 14.2. The number of halogens is 1. The normalized spacial score (nSPS) is 11.9. The van der Waals surface area contributed by atoms with E-state index in [-0.39, 0.29) is 5.88 Å². The fourth-order valence-corrected chi connectivity index (χ4v) is 1.83. The molecule has 15 heavy (non-hydrogen) atoms. The summed E-state index contributed by atoms with van der Waals surface area (Å²) in [6.07, 6.45) is 0. The summed E-state index contributed by atoms with van der Waals surface area (Å²) in [6, 6.07) is 13.8. The van der Waals surface area contributed by atoms with Crippen LogP contribution in [0.5, 0.6) is 0 Å². The molecule has 0 bridgehead atoms. The third-order valence-electron chi connectivity index (χ3n) is 2.35. The van der Waals surface area contributed by atoms with Crippen molar-refractivity contribution < 1.29 is 5.21 Å². The van der Waals surface area contributed by atoms with Crippen molar-refractivity contribution in [2.45, 2.75) is 0 Å². The highest BCUT2D eigenvalue weighted by Gasteiger charge is 2.06. The van der Waals surface area contributed by atoms with Gasteiger partial charge in [-0.15, -0.1) is 11.6 Å². The Hall–Kier alpha value is -1.54. The zero-order valence-corrected chi connectivity index (χ0v) is 8.78. The quantitative estimate of drug-likeness (QED) is 0.358. The van der Waals surface area contributed by atoms with Crippen LogP contribution in [-0.4, -0.2) is 16.8 Å². The standard InChI is InChI=1S/C12H10ClNO/c13-8-12(14-15)11-7-3-5-9-4-1-2-6-10(9)11/h1-7,15H,8H2. The molecule has 0 atom stereocenters. The van der Waals surface area contributed by atoms with Crippen molar-refractivity contribution in [2.75, 3.05) is 5.88 Å². The highest BCUT2D eigenvalue weighted by molar-refractivity contribution is 6.33. The van der Waals surface area contributed by atoms with Gasteiger partial charge < -0.3 is 5.21 Å². The first kappa shape index (κ1) is 9.99. The molecular weight excluding hydrogens is 210 g/mol. The molecule has 0 saturated carbocycles. The first-order chi connectivity index (χ1) is 7.36. The van der Waals surface area contributed by atoms with Gasteiger partial charge in [0.15, 0.2) is 0 Å². The third kappa shape index (κ3) is 1.81. The number of fused-ring (bicyclic) bond motifs is 1. The number of rotatable bonds is 2. The van der Waals surface area contributed by atoms with Crippen LogP contribution in [0.15, 0.2) is 47.6 Å². The van der Waals surface area contributed by atoms with E-state index in [0.29, 0.717) is 5.71 Å². The van der Waals surface area contributed by atoms with Crippen LogP contribution in [0.25, 0.3) is 10.8 Å². The van der Waals surface area contributed by atoms with Crippen LogP contribution in [0.2, 0.25) is 0 Å². The highest BCUT2D eigenvalue weighted by Crippen LogP contribution is 2.19. The predicted molar refractivity (Wildman–Crippen MR) is 63.0 cm³/mol. The van der Waals surface area contributed by atoms with E-state index in [0.717, 1.165) is 16.3 Å². The summed E-state index contributed by atoms with van der Waals surface area (Å²) in [4.78, 5) is 0. The molecule has 0 saturated heterocycles. The minimum absolute atomic E-state index is 0.199. The Balaban J connectivity index is 2.71. The van der Waals surface area contributed by atoms with Crippen LogP contribution in [0.1, 0.15) is 5.56 Å². The molecule has 0 aliphatic carbocycles. The van der Waals surface area contributed by atoms with E-state index in [2.05, 4.69) is 5.16 Å². The second kappa shape index (κ2) is 4.32. The molecule has 0 heterocycles. The highest BCUT2D eigenvalue weighted by atomic mass is 35.5. The van der Waals surface area contributed by atoms with E-state index in [1.54, 1.807) is 0 Å². The summed E-state index contributed by atoms with van der Waals surface area (Å²) in [5.41, 5.74) is 1.37. The zero-order valence-electron chi connectivity index (χ0n) is 8.02. The van der Waals surface area contributed by atoms with Gasteiger partial charge in [-0.1, -0.05) is 47.6 Å². The molecule has 2 rings (SSSR count). The average molecular weight is 220 g/mol. The zero-order chi connectivity index (χ0) is 10.7. The first-order valence-corrected chi connectivity index (χ1v) is 5.15. The minimum atomic E-state index is 0.199. The van der Waals surface area contributed by atoms with Gasteiger partial charge in [-0.3, -0.25) is 0 Å². The van der Waals surface area contributed by atoms with E-state index < -0.39 is 0 Å². The van der Waals surface area contributed by atoms with E-state index in [4.69, 9.17) is 16.8 Å². The van der Waals surface area contributed by atoms with Gasteiger partial charge in [-0.2, -0.15) is 0 Å². The third-order valence-corrected chi connectivity index (χ3v) is 2.60. The van der Waals surface area contributed by atoms with Crippen LogP contribution in [0, 0.1) is 0 Å². The smallest absolute Gasteiger partial charge is 0.102 e. The molecule has 0 aromatic heterocycles. The number of hydrogen-bond acceptors (Lipinski definition) is 2. The van der Waals surface area contributed by atoms with E-state index in [1.165, 1.54) is 0 Å². The van der Waals surface area contributed by atoms with E-state index in [9.17, 15) is 0 Å². The molecule has 1 N–H and O–H groups in total. The van der Waals surface area contributed by atoms with Crippen molar-refractivity contribution >= 4 is 28.1 Å². The lowest BCUT2D eigenvalue weighted by Gasteiger charge is -2.05. The van der Waals surface area contributed by atoms with Crippen molar-refractivity contribution in [2.24, 2.45) is 5.16 Å². The van der Waals surface area contributed by atoms with Crippen molar-refractivity contribution in [1.82, 2.24) is 0 Å². The van der Waals surface area contributed by atoms with Gasteiger partial charge in [0.25, 0.3) is 0 Å². The van der Waals surface area contributed by atoms with Gasteiger partial charge in [0.2, 0.25) is 0 Å². The van der Waals surface area contributed by atoms with Gasteiger partial charge in [-0.25, -0.2) is 0 Å². The Morgan fingerprint density at radius 2 is 1.87 bits per heavy atom. The molecule has 76 valence electrons. The lowest BCUT2D eigenvalue weighted by molar-refractivity contribution is 0.319. The Labute approximate surface area is 92.8 Å². The molecule has 3 heteroatoms. The second-order valence-corrected chi connectivity index (χ2v) is 3.47. The summed E-state index contributed by atoms with van der Waals surface area (Å²) in [6.45, 7) is 0. The molecule has 0 aliphatic heterocycles. The number of nitrogens with zero attached hydrogens (tertiary/aromatic N) is 1. The van der Waals surface area contributed by atoms with Gasteiger partial charge in [0.1, 0.15) is 5.71 Å². The van der Waals surface area contributed by atoms with Crippen LogP contribution in [0.3, 0.4) is 0 Å². The molecule has 2 aromatic carbocycles. The van der Waals surface area contributed by atoms with Crippen molar-refractivity contribution in [3.63, 3.8) is 0 Å². The molecular formula is C12H10ClNO. The summed E-state index contributed by atoms with van der Waals surface area (Å²) in [5.74, 6) is 0.199. The maximum atomic E-state index is 8.84. The molecule has 2 aromatic rings. The summed E-state index contributed by atoms with van der Waals surface area (Å²) < 4.78 is 0. The second-order valence-electron chi connectivity index (χ2n) is 3.21. The number of benzene rings is 2. The topological polar surface area (TPSA) is 32.6 Å². The average Bonchev–Trinajstić information content (AvgIpc) is 2.31. The molecule has 2 nitrogen and oxygen atoms in total. The monoisotopic (exact) mass is 219 g/mol. The Morgan fingerprint density at radius 3 is 2.60 bits per heavy atom.